The molecule has 0 unspecified atom stereocenters. The van der Waals surface area contributed by atoms with Crippen LogP contribution >= 0.6 is 0 Å². The number of hydrogen-bond acceptors (Lipinski definition) is 3. The van der Waals surface area contributed by atoms with Gasteiger partial charge in [-0.25, -0.2) is 4.39 Å². The zero-order valence-electron chi connectivity index (χ0n) is 15.9. The van der Waals surface area contributed by atoms with Crippen molar-refractivity contribution in [3.05, 3.63) is 30.1 Å². The Morgan fingerprint density at radius 2 is 1.96 bits per heavy atom. The number of nitrogens with one attached hydrogen (secondary N) is 1. The van der Waals surface area contributed by atoms with E-state index in [4.69, 9.17) is 0 Å². The van der Waals surface area contributed by atoms with Gasteiger partial charge in [-0.3, -0.25) is 9.69 Å². The molecule has 26 heavy (non-hydrogen) atoms. The largest absolute Gasteiger partial charge is 0.325 e. The summed E-state index contributed by atoms with van der Waals surface area (Å²) in [6.45, 7) is 7.02. The summed E-state index contributed by atoms with van der Waals surface area (Å²) in [6.07, 6.45) is 8.42. The zero-order valence-corrected chi connectivity index (χ0v) is 15.9. The standard InChI is InChI=1S/C21H32FN3O/c1-17(21(26)23-20-10-4-9-19(22)16-20)25-14-12-24(13-15-25)11-5-8-18-6-2-3-7-18/h4,9-10,16-18H,2-3,5-8,11-15H2,1H3,(H,23,26)/t17-/m1/s1. The Labute approximate surface area is 156 Å². The third-order valence-electron chi connectivity index (χ3n) is 5.99. The number of piperazine rings is 1. The summed E-state index contributed by atoms with van der Waals surface area (Å²) >= 11 is 0. The van der Waals surface area contributed by atoms with E-state index in [0.29, 0.717) is 5.69 Å². The first-order valence-electron chi connectivity index (χ1n) is 10.1. The summed E-state index contributed by atoms with van der Waals surface area (Å²) in [4.78, 5) is 17.2. The summed E-state index contributed by atoms with van der Waals surface area (Å²) < 4.78 is 13.2. The predicted molar refractivity (Wildman–Crippen MR) is 104 cm³/mol. The van der Waals surface area contributed by atoms with Crippen molar-refractivity contribution in [2.45, 2.75) is 51.5 Å². The molecule has 1 heterocycles. The number of rotatable bonds is 7. The topological polar surface area (TPSA) is 35.6 Å². The molecule has 2 fully saturated rings. The number of amides is 1. The van der Waals surface area contributed by atoms with Gasteiger partial charge in [-0.05, 0) is 50.4 Å². The summed E-state index contributed by atoms with van der Waals surface area (Å²) in [5.74, 6) is 0.579. The van der Waals surface area contributed by atoms with Gasteiger partial charge >= 0.3 is 0 Å². The molecule has 0 spiro atoms. The molecule has 1 aliphatic carbocycles. The molecule has 4 nitrogen and oxygen atoms in total. The molecule has 1 aliphatic heterocycles. The SMILES string of the molecule is C[C@H](C(=O)Nc1cccc(F)c1)N1CCN(CCCC2CCCC2)CC1. The van der Waals surface area contributed by atoms with Crippen LogP contribution in [-0.4, -0.2) is 54.5 Å². The van der Waals surface area contributed by atoms with Crippen molar-refractivity contribution in [3.8, 4) is 0 Å². The predicted octanol–water partition coefficient (Wildman–Crippen LogP) is 3.74. The first-order valence-corrected chi connectivity index (χ1v) is 10.1. The van der Waals surface area contributed by atoms with E-state index in [1.54, 1.807) is 12.1 Å². The van der Waals surface area contributed by atoms with Gasteiger partial charge in [-0.1, -0.05) is 31.7 Å². The molecule has 1 saturated carbocycles. The van der Waals surface area contributed by atoms with Gasteiger partial charge in [-0.2, -0.15) is 0 Å². The number of benzene rings is 1. The fourth-order valence-electron chi connectivity index (χ4n) is 4.26. The lowest BCUT2D eigenvalue weighted by molar-refractivity contribution is -0.121. The van der Waals surface area contributed by atoms with Crippen molar-refractivity contribution in [1.82, 2.24) is 9.80 Å². The van der Waals surface area contributed by atoms with E-state index in [0.717, 1.165) is 32.1 Å². The van der Waals surface area contributed by atoms with Gasteiger partial charge in [0, 0.05) is 31.9 Å². The highest BCUT2D eigenvalue weighted by Gasteiger charge is 2.25. The van der Waals surface area contributed by atoms with E-state index >= 15 is 0 Å². The maximum Gasteiger partial charge on any atom is 0.241 e. The first-order chi connectivity index (χ1) is 12.6. The van der Waals surface area contributed by atoms with E-state index in [1.165, 1.54) is 57.2 Å². The zero-order chi connectivity index (χ0) is 18.4. The number of carbonyl (C=O) groups is 1. The lowest BCUT2D eigenvalue weighted by Crippen LogP contribution is -2.52. The van der Waals surface area contributed by atoms with Gasteiger partial charge in [0.1, 0.15) is 5.82 Å². The second kappa shape index (κ2) is 9.47. The molecule has 3 rings (SSSR count). The van der Waals surface area contributed by atoms with Crippen LogP contribution in [0.1, 0.15) is 45.4 Å². The first kappa shape index (κ1) is 19.3. The molecule has 1 amide bonds. The van der Waals surface area contributed by atoms with Crippen molar-refractivity contribution in [2.24, 2.45) is 5.92 Å². The normalized spacial score (nSPS) is 21.0. The molecular formula is C21H32FN3O. The Kier molecular flexibility index (Phi) is 7.03. The van der Waals surface area contributed by atoms with Crippen LogP contribution in [0.2, 0.25) is 0 Å². The lowest BCUT2D eigenvalue weighted by atomic mass is 10.0. The third-order valence-corrected chi connectivity index (χ3v) is 5.99. The third kappa shape index (κ3) is 5.52. The number of carbonyl (C=O) groups excluding carboxylic acids is 1. The van der Waals surface area contributed by atoms with Crippen molar-refractivity contribution >= 4 is 11.6 Å². The Bertz CT molecular complexity index is 580. The van der Waals surface area contributed by atoms with Gasteiger partial charge in [0.15, 0.2) is 0 Å². The number of nitrogens with zero attached hydrogens (tertiary/aromatic N) is 2. The Morgan fingerprint density at radius 1 is 1.23 bits per heavy atom. The number of anilines is 1. The number of hydrogen-bond donors (Lipinski definition) is 1. The Morgan fingerprint density at radius 3 is 2.65 bits per heavy atom. The van der Waals surface area contributed by atoms with Gasteiger partial charge in [0.05, 0.1) is 6.04 Å². The van der Waals surface area contributed by atoms with Crippen molar-refractivity contribution in [3.63, 3.8) is 0 Å². The minimum Gasteiger partial charge on any atom is -0.325 e. The van der Waals surface area contributed by atoms with Crippen LogP contribution in [0.5, 0.6) is 0 Å². The monoisotopic (exact) mass is 361 g/mol. The highest BCUT2D eigenvalue weighted by atomic mass is 19.1. The summed E-state index contributed by atoms with van der Waals surface area (Å²) in [6, 6.07) is 5.87. The van der Waals surface area contributed by atoms with E-state index in [1.807, 2.05) is 6.92 Å². The molecule has 0 radical (unpaired) electrons. The highest BCUT2D eigenvalue weighted by Crippen LogP contribution is 2.28. The highest BCUT2D eigenvalue weighted by molar-refractivity contribution is 5.94. The van der Waals surface area contributed by atoms with E-state index in [9.17, 15) is 9.18 Å². The molecule has 0 bridgehead atoms. The summed E-state index contributed by atoms with van der Waals surface area (Å²) in [5.41, 5.74) is 0.521. The molecule has 1 N–H and O–H groups in total. The van der Waals surface area contributed by atoms with Crippen molar-refractivity contribution in [1.29, 1.82) is 0 Å². The fourth-order valence-corrected chi connectivity index (χ4v) is 4.26. The minimum absolute atomic E-state index is 0.0646. The Hall–Kier alpha value is -1.46. The second-order valence-electron chi connectivity index (χ2n) is 7.85. The molecule has 0 aromatic heterocycles. The second-order valence-corrected chi connectivity index (χ2v) is 7.85. The van der Waals surface area contributed by atoms with Crippen LogP contribution in [-0.2, 0) is 4.79 Å². The van der Waals surface area contributed by atoms with Crippen molar-refractivity contribution in [2.75, 3.05) is 38.0 Å². The van der Waals surface area contributed by atoms with Gasteiger partial charge < -0.3 is 10.2 Å². The van der Waals surface area contributed by atoms with Crippen LogP contribution in [0.25, 0.3) is 0 Å². The molecule has 1 aromatic rings. The van der Waals surface area contributed by atoms with E-state index < -0.39 is 0 Å². The maximum absolute atomic E-state index is 13.2. The quantitative estimate of drug-likeness (QED) is 0.804. The average Bonchev–Trinajstić information content (AvgIpc) is 3.15. The number of halogens is 1. The summed E-state index contributed by atoms with van der Waals surface area (Å²) in [7, 11) is 0. The van der Waals surface area contributed by atoms with Crippen molar-refractivity contribution < 1.29 is 9.18 Å². The molecule has 1 aromatic carbocycles. The molecule has 5 heteroatoms. The molecular weight excluding hydrogens is 329 g/mol. The van der Waals surface area contributed by atoms with Crippen LogP contribution in [0, 0.1) is 11.7 Å². The fraction of sp³-hybridized carbons (Fsp3) is 0.667. The van der Waals surface area contributed by atoms with Gasteiger partial charge in [0.2, 0.25) is 5.91 Å². The van der Waals surface area contributed by atoms with Crippen LogP contribution in [0.4, 0.5) is 10.1 Å². The minimum atomic E-state index is -0.332. The van der Waals surface area contributed by atoms with Crippen LogP contribution < -0.4 is 5.32 Å². The van der Waals surface area contributed by atoms with Gasteiger partial charge in [-0.15, -0.1) is 0 Å². The molecule has 1 atom stereocenters. The van der Waals surface area contributed by atoms with Gasteiger partial charge in [0.25, 0.3) is 0 Å². The van der Waals surface area contributed by atoms with Crippen LogP contribution in [0.3, 0.4) is 0 Å². The average molecular weight is 362 g/mol. The summed E-state index contributed by atoms with van der Waals surface area (Å²) in [5, 5.41) is 2.82. The van der Waals surface area contributed by atoms with E-state index in [2.05, 4.69) is 15.1 Å². The smallest absolute Gasteiger partial charge is 0.241 e. The van der Waals surface area contributed by atoms with Crippen LogP contribution in [0.15, 0.2) is 24.3 Å². The lowest BCUT2D eigenvalue weighted by Gasteiger charge is -2.37. The molecule has 2 aliphatic rings. The molecule has 144 valence electrons. The Balaban J connectivity index is 1.37. The van der Waals surface area contributed by atoms with E-state index in [-0.39, 0.29) is 17.8 Å². The molecule has 1 saturated heterocycles. The maximum atomic E-state index is 13.2.